The highest BCUT2D eigenvalue weighted by molar-refractivity contribution is 5.83. The molecule has 2 fully saturated rings. The van der Waals surface area contributed by atoms with Gasteiger partial charge in [-0.25, -0.2) is 9.97 Å². The number of aliphatic carboxylic acids is 1. The van der Waals surface area contributed by atoms with Gasteiger partial charge in [0.15, 0.2) is 0 Å². The predicted octanol–water partition coefficient (Wildman–Crippen LogP) is 1.40. The fraction of sp³-hybridized carbons (Fsp3) is 0.643. The molecule has 102 valence electrons. The molecule has 5 heteroatoms. The van der Waals surface area contributed by atoms with Crippen molar-refractivity contribution in [2.24, 2.45) is 0 Å². The predicted molar refractivity (Wildman–Crippen MR) is 70.1 cm³/mol. The second-order valence-corrected chi connectivity index (χ2v) is 5.77. The molecule has 1 saturated carbocycles. The van der Waals surface area contributed by atoms with Gasteiger partial charge in [-0.3, -0.25) is 4.79 Å². The van der Waals surface area contributed by atoms with Gasteiger partial charge in [0, 0.05) is 17.8 Å². The summed E-state index contributed by atoms with van der Waals surface area (Å²) in [5.41, 5.74) is 0.229. The summed E-state index contributed by atoms with van der Waals surface area (Å²) < 4.78 is 0. The average molecular weight is 261 g/mol. The van der Waals surface area contributed by atoms with Crippen LogP contribution in [0.25, 0.3) is 0 Å². The van der Waals surface area contributed by atoms with Crippen LogP contribution in [-0.2, 0) is 10.2 Å². The van der Waals surface area contributed by atoms with Crippen molar-refractivity contribution in [3.8, 4) is 0 Å². The van der Waals surface area contributed by atoms with E-state index in [0.717, 1.165) is 31.6 Å². The number of aromatic nitrogens is 2. The Labute approximate surface area is 112 Å². The van der Waals surface area contributed by atoms with Crippen molar-refractivity contribution in [2.75, 3.05) is 20.1 Å². The van der Waals surface area contributed by atoms with Crippen LogP contribution < -0.4 is 0 Å². The molecule has 3 rings (SSSR count). The van der Waals surface area contributed by atoms with E-state index in [1.54, 1.807) is 6.20 Å². The Kier molecular flexibility index (Phi) is 3.01. The molecule has 19 heavy (non-hydrogen) atoms. The zero-order valence-corrected chi connectivity index (χ0v) is 11.2. The minimum atomic E-state index is -0.790. The molecule has 0 radical (unpaired) electrons. The van der Waals surface area contributed by atoms with Crippen molar-refractivity contribution in [1.82, 2.24) is 14.9 Å². The maximum atomic E-state index is 11.3. The molecule has 2 aliphatic rings. The van der Waals surface area contributed by atoms with E-state index in [0.29, 0.717) is 24.6 Å². The van der Waals surface area contributed by atoms with Gasteiger partial charge in [-0.05, 0) is 51.9 Å². The number of rotatable bonds is 3. The molecule has 1 aliphatic heterocycles. The number of carboxylic acids is 1. The van der Waals surface area contributed by atoms with E-state index in [9.17, 15) is 9.90 Å². The zero-order chi connectivity index (χ0) is 13.5. The number of piperidine rings is 1. The normalized spacial score (nSPS) is 23.2. The van der Waals surface area contributed by atoms with Crippen LogP contribution in [0.2, 0.25) is 0 Å². The van der Waals surface area contributed by atoms with Crippen LogP contribution in [0.5, 0.6) is 0 Å². The lowest BCUT2D eigenvalue weighted by Crippen LogP contribution is -2.30. The summed E-state index contributed by atoms with van der Waals surface area (Å²) in [4.78, 5) is 22.4. The third-order valence-corrected chi connectivity index (χ3v) is 4.40. The van der Waals surface area contributed by atoms with Crippen LogP contribution in [0, 0.1) is 0 Å². The first-order valence-corrected chi connectivity index (χ1v) is 6.87. The largest absolute Gasteiger partial charge is 0.480 e. The Morgan fingerprint density at radius 3 is 2.68 bits per heavy atom. The second-order valence-electron chi connectivity index (χ2n) is 5.77. The molecule has 1 N–H and O–H groups in total. The van der Waals surface area contributed by atoms with Gasteiger partial charge in [0.25, 0.3) is 0 Å². The maximum absolute atomic E-state index is 11.3. The molecule has 1 aliphatic carbocycles. The lowest BCUT2D eigenvalue weighted by molar-refractivity contribution is -0.140. The SMILES string of the molecule is CN1CCC(c2ccnc(C3(C(=O)O)CC3)n2)CC1. The van der Waals surface area contributed by atoms with E-state index < -0.39 is 11.4 Å². The van der Waals surface area contributed by atoms with E-state index >= 15 is 0 Å². The molecule has 1 aromatic rings. The molecule has 2 heterocycles. The van der Waals surface area contributed by atoms with Gasteiger partial charge in [0.05, 0.1) is 0 Å². The first-order valence-electron chi connectivity index (χ1n) is 6.87. The summed E-state index contributed by atoms with van der Waals surface area (Å²) >= 11 is 0. The Balaban J connectivity index is 1.83. The smallest absolute Gasteiger partial charge is 0.317 e. The highest BCUT2D eigenvalue weighted by Gasteiger charge is 2.54. The van der Waals surface area contributed by atoms with Crippen molar-refractivity contribution < 1.29 is 9.90 Å². The van der Waals surface area contributed by atoms with E-state index in [1.165, 1.54) is 0 Å². The molecular weight excluding hydrogens is 242 g/mol. The Morgan fingerprint density at radius 2 is 2.11 bits per heavy atom. The lowest BCUT2D eigenvalue weighted by atomic mass is 9.93. The molecule has 1 aromatic heterocycles. The number of carboxylic acid groups (broad SMARTS) is 1. The van der Waals surface area contributed by atoms with Gasteiger partial charge in [-0.1, -0.05) is 0 Å². The fourth-order valence-electron chi connectivity index (χ4n) is 2.79. The fourth-order valence-corrected chi connectivity index (χ4v) is 2.79. The summed E-state index contributed by atoms with van der Waals surface area (Å²) in [5, 5.41) is 9.31. The zero-order valence-electron chi connectivity index (χ0n) is 11.2. The standard InChI is InChI=1S/C14H19N3O2/c1-17-8-3-10(4-9-17)11-2-7-15-12(16-11)14(5-6-14)13(18)19/h2,7,10H,3-6,8-9H2,1H3,(H,18,19). The van der Waals surface area contributed by atoms with Gasteiger partial charge in [-0.2, -0.15) is 0 Å². The summed E-state index contributed by atoms with van der Waals surface area (Å²) in [5.74, 6) is 0.173. The van der Waals surface area contributed by atoms with Crippen LogP contribution >= 0.6 is 0 Å². The first kappa shape index (κ1) is 12.5. The topological polar surface area (TPSA) is 66.3 Å². The third-order valence-electron chi connectivity index (χ3n) is 4.40. The highest BCUT2D eigenvalue weighted by Crippen LogP contribution is 2.47. The number of nitrogens with zero attached hydrogens (tertiary/aromatic N) is 3. The Bertz CT molecular complexity index is 491. The van der Waals surface area contributed by atoms with Crippen LogP contribution in [0.3, 0.4) is 0 Å². The van der Waals surface area contributed by atoms with Gasteiger partial charge in [0.1, 0.15) is 11.2 Å². The minimum absolute atomic E-state index is 0.447. The number of hydrogen-bond donors (Lipinski definition) is 1. The van der Waals surface area contributed by atoms with Gasteiger partial charge in [-0.15, -0.1) is 0 Å². The second kappa shape index (κ2) is 4.56. The quantitative estimate of drug-likeness (QED) is 0.891. The van der Waals surface area contributed by atoms with Crippen molar-refractivity contribution >= 4 is 5.97 Å². The van der Waals surface area contributed by atoms with Gasteiger partial charge in [0.2, 0.25) is 0 Å². The number of carbonyl (C=O) groups is 1. The monoisotopic (exact) mass is 261 g/mol. The van der Waals surface area contributed by atoms with E-state index in [-0.39, 0.29) is 0 Å². The Morgan fingerprint density at radius 1 is 1.42 bits per heavy atom. The van der Waals surface area contributed by atoms with Crippen LogP contribution in [-0.4, -0.2) is 46.1 Å². The third kappa shape index (κ3) is 2.23. The maximum Gasteiger partial charge on any atom is 0.317 e. The molecule has 0 spiro atoms. The minimum Gasteiger partial charge on any atom is -0.480 e. The van der Waals surface area contributed by atoms with Crippen molar-refractivity contribution in [3.63, 3.8) is 0 Å². The molecule has 0 aromatic carbocycles. The van der Waals surface area contributed by atoms with E-state index in [1.807, 2.05) is 6.07 Å². The lowest BCUT2D eigenvalue weighted by Gasteiger charge is -2.28. The summed E-state index contributed by atoms with van der Waals surface area (Å²) in [6.07, 6.45) is 5.23. The van der Waals surface area contributed by atoms with E-state index in [2.05, 4.69) is 21.9 Å². The molecule has 1 saturated heterocycles. The van der Waals surface area contributed by atoms with E-state index in [4.69, 9.17) is 0 Å². The molecule has 0 atom stereocenters. The van der Waals surface area contributed by atoms with Crippen LogP contribution in [0.1, 0.15) is 43.1 Å². The van der Waals surface area contributed by atoms with Crippen molar-refractivity contribution in [3.05, 3.63) is 23.8 Å². The summed E-state index contributed by atoms with van der Waals surface area (Å²) in [7, 11) is 2.13. The summed E-state index contributed by atoms with van der Waals surface area (Å²) in [6, 6.07) is 1.94. The molecule has 0 amide bonds. The molecular formula is C14H19N3O2. The Hall–Kier alpha value is -1.49. The van der Waals surface area contributed by atoms with Gasteiger partial charge >= 0.3 is 5.97 Å². The average Bonchev–Trinajstić information content (AvgIpc) is 3.21. The van der Waals surface area contributed by atoms with Crippen molar-refractivity contribution in [1.29, 1.82) is 0 Å². The van der Waals surface area contributed by atoms with Crippen molar-refractivity contribution in [2.45, 2.75) is 37.0 Å². The molecule has 5 nitrogen and oxygen atoms in total. The number of hydrogen-bond acceptors (Lipinski definition) is 4. The van der Waals surface area contributed by atoms with Crippen LogP contribution in [0.4, 0.5) is 0 Å². The first-order chi connectivity index (χ1) is 9.12. The van der Waals surface area contributed by atoms with Crippen LogP contribution in [0.15, 0.2) is 12.3 Å². The number of likely N-dealkylation sites (tertiary alicyclic amines) is 1. The highest BCUT2D eigenvalue weighted by atomic mass is 16.4. The molecule has 0 unspecified atom stereocenters. The van der Waals surface area contributed by atoms with Gasteiger partial charge < -0.3 is 10.0 Å². The molecule has 0 bridgehead atoms. The summed E-state index contributed by atoms with van der Waals surface area (Å²) in [6.45, 7) is 2.15.